The number of carbonyl (C=O) groups is 4. The second kappa shape index (κ2) is 10.0. The van der Waals surface area contributed by atoms with E-state index in [4.69, 9.17) is 9.47 Å². The third kappa shape index (κ3) is 10.3. The second-order valence-electron chi connectivity index (χ2n) is 8.51. The van der Waals surface area contributed by atoms with Gasteiger partial charge in [-0.05, 0) is 60.1 Å². The van der Waals surface area contributed by atoms with Crippen LogP contribution in [-0.4, -0.2) is 41.1 Å². The van der Waals surface area contributed by atoms with Crippen LogP contribution in [0.3, 0.4) is 0 Å². The molecular formula is C21H30N2O6. The minimum atomic E-state index is -1.10. The van der Waals surface area contributed by atoms with E-state index in [1.807, 2.05) is 0 Å². The summed E-state index contributed by atoms with van der Waals surface area (Å²) in [5.41, 5.74) is -1.17. The first-order chi connectivity index (χ1) is 13.3. The monoisotopic (exact) mass is 406 g/mol. The molecule has 160 valence electrons. The van der Waals surface area contributed by atoms with Crippen LogP contribution in [-0.2, 0) is 19.1 Å². The third-order valence-corrected chi connectivity index (χ3v) is 3.33. The molecule has 1 rings (SSSR count). The fourth-order valence-electron chi connectivity index (χ4n) is 2.20. The Balaban J connectivity index is 2.72. The highest BCUT2D eigenvalue weighted by atomic mass is 16.6. The number of hydrogen-bond acceptors (Lipinski definition) is 6. The van der Waals surface area contributed by atoms with Crippen LogP contribution in [0.15, 0.2) is 30.3 Å². The zero-order chi connectivity index (χ0) is 22.2. The minimum absolute atomic E-state index is 0.0535. The van der Waals surface area contributed by atoms with Gasteiger partial charge in [-0.2, -0.15) is 0 Å². The molecule has 0 unspecified atom stereocenters. The lowest BCUT2D eigenvalue weighted by Crippen LogP contribution is -2.46. The van der Waals surface area contributed by atoms with E-state index in [0.717, 1.165) is 0 Å². The van der Waals surface area contributed by atoms with Crippen molar-refractivity contribution in [2.45, 2.75) is 71.6 Å². The number of rotatable bonds is 6. The highest BCUT2D eigenvalue weighted by Gasteiger charge is 2.29. The highest BCUT2D eigenvalue weighted by molar-refractivity contribution is 6.04. The summed E-state index contributed by atoms with van der Waals surface area (Å²) in [4.78, 5) is 48.6. The van der Waals surface area contributed by atoms with E-state index in [0.29, 0.717) is 5.56 Å². The molecule has 8 nitrogen and oxygen atoms in total. The van der Waals surface area contributed by atoms with Crippen molar-refractivity contribution in [3.05, 3.63) is 35.9 Å². The maximum absolute atomic E-state index is 12.4. The van der Waals surface area contributed by atoms with Gasteiger partial charge in [0, 0.05) is 12.0 Å². The van der Waals surface area contributed by atoms with E-state index < -0.39 is 41.1 Å². The van der Waals surface area contributed by atoms with Crippen molar-refractivity contribution in [2.24, 2.45) is 0 Å². The average molecular weight is 406 g/mol. The SMILES string of the molecule is CC(C)(C)OC(=O)N[C@@H](CCC(=O)NC(=O)c1ccccc1)C(=O)OC(C)(C)C. The topological polar surface area (TPSA) is 111 Å². The van der Waals surface area contributed by atoms with Gasteiger partial charge in [0.25, 0.3) is 5.91 Å². The number of amides is 3. The molecule has 29 heavy (non-hydrogen) atoms. The lowest BCUT2D eigenvalue weighted by Gasteiger charge is -2.26. The summed E-state index contributed by atoms with van der Waals surface area (Å²) in [6.07, 6.45) is -1.02. The molecule has 1 aromatic carbocycles. The summed E-state index contributed by atoms with van der Waals surface area (Å²) in [6.45, 7) is 10.2. The van der Waals surface area contributed by atoms with Gasteiger partial charge in [-0.1, -0.05) is 18.2 Å². The summed E-state index contributed by atoms with van der Waals surface area (Å²) < 4.78 is 10.5. The van der Waals surface area contributed by atoms with Crippen molar-refractivity contribution in [3.63, 3.8) is 0 Å². The molecule has 0 saturated heterocycles. The maximum Gasteiger partial charge on any atom is 0.408 e. The van der Waals surface area contributed by atoms with E-state index in [9.17, 15) is 19.2 Å². The number of nitrogens with one attached hydrogen (secondary N) is 2. The Kier molecular flexibility index (Phi) is 8.36. The van der Waals surface area contributed by atoms with Crippen LogP contribution in [0.4, 0.5) is 4.79 Å². The normalized spacial score (nSPS) is 12.5. The van der Waals surface area contributed by atoms with Gasteiger partial charge in [0.2, 0.25) is 5.91 Å². The predicted octanol–water partition coefficient (Wildman–Crippen LogP) is 2.96. The molecule has 0 spiro atoms. The summed E-state index contributed by atoms with van der Waals surface area (Å²) in [7, 11) is 0. The fraction of sp³-hybridized carbons (Fsp3) is 0.524. The molecule has 0 aromatic heterocycles. The van der Waals surface area contributed by atoms with Crippen LogP contribution < -0.4 is 10.6 Å². The first kappa shape index (κ1) is 24.1. The van der Waals surface area contributed by atoms with Crippen molar-refractivity contribution in [3.8, 4) is 0 Å². The van der Waals surface area contributed by atoms with Crippen LogP contribution in [0.1, 0.15) is 64.7 Å². The highest BCUT2D eigenvalue weighted by Crippen LogP contribution is 2.12. The number of hydrogen-bond donors (Lipinski definition) is 2. The Morgan fingerprint density at radius 2 is 1.45 bits per heavy atom. The first-order valence-electron chi connectivity index (χ1n) is 9.38. The summed E-state index contributed by atoms with van der Waals surface area (Å²) in [5, 5.41) is 4.69. The van der Waals surface area contributed by atoms with Crippen LogP contribution in [0.5, 0.6) is 0 Å². The summed E-state index contributed by atoms with van der Waals surface area (Å²) in [6, 6.07) is 7.19. The van der Waals surface area contributed by atoms with Gasteiger partial charge < -0.3 is 14.8 Å². The summed E-state index contributed by atoms with van der Waals surface area (Å²) in [5.74, 6) is -1.80. The van der Waals surface area contributed by atoms with Crippen LogP contribution >= 0.6 is 0 Å². The van der Waals surface area contributed by atoms with Crippen LogP contribution in [0.2, 0.25) is 0 Å². The van der Waals surface area contributed by atoms with E-state index >= 15 is 0 Å². The fourth-order valence-corrected chi connectivity index (χ4v) is 2.20. The quantitative estimate of drug-likeness (QED) is 0.703. The Morgan fingerprint density at radius 3 is 1.97 bits per heavy atom. The lowest BCUT2D eigenvalue weighted by molar-refractivity contribution is -0.157. The Bertz CT molecular complexity index is 732. The second-order valence-corrected chi connectivity index (χ2v) is 8.51. The van der Waals surface area contributed by atoms with Gasteiger partial charge in [0.05, 0.1) is 0 Å². The number of esters is 1. The molecule has 8 heteroatoms. The molecule has 0 saturated carbocycles. The third-order valence-electron chi connectivity index (χ3n) is 3.33. The predicted molar refractivity (Wildman–Crippen MR) is 107 cm³/mol. The molecule has 0 bridgehead atoms. The number of ether oxygens (including phenoxy) is 2. The molecule has 0 aliphatic carbocycles. The van der Waals surface area contributed by atoms with Crippen molar-refractivity contribution in [1.29, 1.82) is 0 Å². The standard InChI is InChI=1S/C21H30N2O6/c1-20(2,3)28-18(26)15(22-19(27)29-21(4,5)6)12-13-16(24)23-17(25)14-10-8-7-9-11-14/h7-11,15H,12-13H2,1-6H3,(H,22,27)(H,23,24,25)/t15-/m0/s1. The van der Waals surface area contributed by atoms with E-state index in [2.05, 4.69) is 10.6 Å². The van der Waals surface area contributed by atoms with Gasteiger partial charge in [-0.25, -0.2) is 9.59 Å². The molecule has 0 heterocycles. The van der Waals surface area contributed by atoms with E-state index in [1.54, 1.807) is 71.9 Å². The number of imide groups is 1. The molecule has 0 aliphatic rings. The molecule has 1 atom stereocenters. The van der Waals surface area contributed by atoms with Crippen molar-refractivity contribution in [2.75, 3.05) is 0 Å². The maximum atomic E-state index is 12.4. The molecule has 1 aromatic rings. The van der Waals surface area contributed by atoms with Gasteiger partial charge >= 0.3 is 12.1 Å². The van der Waals surface area contributed by atoms with Gasteiger partial charge in [0.15, 0.2) is 0 Å². The lowest BCUT2D eigenvalue weighted by atomic mass is 10.1. The van der Waals surface area contributed by atoms with E-state index in [1.165, 1.54) is 0 Å². The largest absolute Gasteiger partial charge is 0.458 e. The number of carbonyl (C=O) groups excluding carboxylic acids is 4. The Morgan fingerprint density at radius 1 is 0.897 bits per heavy atom. The Labute approximate surface area is 171 Å². The first-order valence-corrected chi connectivity index (χ1v) is 9.38. The van der Waals surface area contributed by atoms with Gasteiger partial charge in [0.1, 0.15) is 17.2 Å². The molecule has 2 N–H and O–H groups in total. The zero-order valence-electron chi connectivity index (χ0n) is 17.8. The van der Waals surface area contributed by atoms with Crippen molar-refractivity contribution < 1.29 is 28.7 Å². The minimum Gasteiger partial charge on any atom is -0.458 e. The average Bonchev–Trinajstić information content (AvgIpc) is 2.56. The summed E-state index contributed by atoms with van der Waals surface area (Å²) >= 11 is 0. The molecular weight excluding hydrogens is 376 g/mol. The van der Waals surface area contributed by atoms with Crippen molar-refractivity contribution >= 4 is 23.9 Å². The molecule has 0 aliphatic heterocycles. The molecule has 0 radical (unpaired) electrons. The zero-order valence-corrected chi connectivity index (χ0v) is 17.8. The van der Waals surface area contributed by atoms with Gasteiger partial charge in [-0.3, -0.25) is 14.9 Å². The van der Waals surface area contributed by atoms with Gasteiger partial charge in [-0.15, -0.1) is 0 Å². The smallest absolute Gasteiger partial charge is 0.408 e. The molecule has 3 amide bonds. The van der Waals surface area contributed by atoms with Crippen LogP contribution in [0, 0.1) is 0 Å². The van der Waals surface area contributed by atoms with Crippen molar-refractivity contribution in [1.82, 2.24) is 10.6 Å². The number of alkyl carbamates (subject to hydrolysis) is 1. The van der Waals surface area contributed by atoms with E-state index in [-0.39, 0.29) is 12.8 Å². The Hall–Kier alpha value is -2.90. The van der Waals surface area contributed by atoms with Crippen LogP contribution in [0.25, 0.3) is 0 Å². The molecule has 0 fully saturated rings. The number of benzene rings is 1.